The van der Waals surface area contributed by atoms with Crippen molar-refractivity contribution in [1.82, 2.24) is 4.57 Å². The summed E-state index contributed by atoms with van der Waals surface area (Å²) < 4.78 is 1.89. The van der Waals surface area contributed by atoms with Crippen molar-refractivity contribution in [1.29, 1.82) is 0 Å². The summed E-state index contributed by atoms with van der Waals surface area (Å²) in [5, 5.41) is 24.6. The highest BCUT2D eigenvalue weighted by Gasteiger charge is 2.35. The van der Waals surface area contributed by atoms with Crippen LogP contribution in [0, 0.1) is 0 Å². The molecule has 2 aliphatic heterocycles. The average Bonchev–Trinajstić information content (AvgIpc) is 3.75. The minimum absolute atomic E-state index is 0.0474. The maximum absolute atomic E-state index is 13.4. The lowest BCUT2D eigenvalue weighted by Gasteiger charge is -2.16. The smallest absolute Gasteiger partial charge is 0.251 e. The predicted molar refractivity (Wildman–Crippen MR) is 186 cm³/mol. The average molecular weight is 653 g/mol. The number of anilines is 2. The molecule has 0 spiro atoms. The summed E-state index contributed by atoms with van der Waals surface area (Å²) >= 11 is 12.7. The van der Waals surface area contributed by atoms with Gasteiger partial charge in [0, 0.05) is 90.2 Å². The molecule has 3 heterocycles. The first-order valence-corrected chi connectivity index (χ1v) is 16.1. The molecule has 0 radical (unpaired) electrons. The van der Waals surface area contributed by atoms with Crippen molar-refractivity contribution >= 4 is 80.1 Å². The maximum atomic E-state index is 13.4. The molecule has 7 rings (SSSR count). The van der Waals surface area contributed by atoms with Crippen LogP contribution in [0.5, 0.6) is 11.5 Å². The summed E-state index contributed by atoms with van der Waals surface area (Å²) in [6, 6.07) is 22.3. The van der Waals surface area contributed by atoms with E-state index in [2.05, 4.69) is 0 Å². The Hall–Kier alpha value is -4.72. The second kappa shape index (κ2) is 11.9. The number of halogens is 2. The van der Waals surface area contributed by atoms with Gasteiger partial charge in [0.25, 0.3) is 11.8 Å². The Balaban J connectivity index is 1.11. The number of phenols is 2. The molecular formula is C37H31Cl2N3O4. The van der Waals surface area contributed by atoms with Gasteiger partial charge in [0.1, 0.15) is 11.5 Å². The van der Waals surface area contributed by atoms with Gasteiger partial charge in [-0.2, -0.15) is 0 Å². The molecule has 0 fully saturated rings. The summed E-state index contributed by atoms with van der Waals surface area (Å²) in [6.45, 7) is 0.854. The van der Waals surface area contributed by atoms with E-state index in [1.807, 2.05) is 72.3 Å². The summed E-state index contributed by atoms with van der Waals surface area (Å²) in [7, 11) is 1.87. The Morgan fingerprint density at radius 3 is 1.48 bits per heavy atom. The van der Waals surface area contributed by atoms with Gasteiger partial charge in [-0.25, -0.2) is 0 Å². The zero-order chi connectivity index (χ0) is 32.1. The van der Waals surface area contributed by atoms with E-state index in [1.54, 1.807) is 34.1 Å². The molecule has 2 N–H and O–H groups in total. The number of carbonyl (C=O) groups excluding carboxylic acids is 2. The summed E-state index contributed by atoms with van der Waals surface area (Å²) in [5.74, 6) is 0.441. The van der Waals surface area contributed by atoms with Crippen LogP contribution in [0.1, 0.15) is 34.4 Å². The third-order valence-electron chi connectivity index (χ3n) is 9.19. The Labute approximate surface area is 276 Å². The normalized spacial score (nSPS) is 17.5. The highest BCUT2D eigenvalue weighted by Crippen LogP contribution is 2.46. The number of aromatic hydroxyl groups is 2. The fraction of sp³-hybridized carbons (Fsp3) is 0.189. The van der Waals surface area contributed by atoms with Crippen LogP contribution in [-0.4, -0.2) is 51.4 Å². The van der Waals surface area contributed by atoms with E-state index >= 15 is 0 Å². The molecule has 4 aromatic carbocycles. The Bertz CT molecular complexity index is 1950. The molecular weight excluding hydrogens is 621 g/mol. The third-order valence-corrected chi connectivity index (χ3v) is 9.93. The molecule has 2 aliphatic rings. The monoisotopic (exact) mass is 651 g/mol. The standard InChI is InChI=1S/C37H31Cl2N3O4/c1-40-24(12-14-34(45)41-20-22(18-38)36-28-8-4-2-6-26(28)32(43)16-30(36)41)10-11-25(40)13-15-35(46)42-21-23(19-39)37-29-9-5-3-7-27(29)33(44)17-31(37)42/h2-17,22-23,43-44H,18-21H2,1H3/b14-12+,15-13+/t22-,23?/m1/s1. The molecule has 5 aromatic rings. The molecule has 1 aromatic heterocycles. The van der Waals surface area contributed by atoms with E-state index in [0.29, 0.717) is 36.2 Å². The van der Waals surface area contributed by atoms with Crippen LogP contribution >= 0.6 is 23.2 Å². The fourth-order valence-corrected chi connectivity index (χ4v) is 7.40. The number of carbonyl (C=O) groups is 2. The predicted octanol–water partition coefficient (Wildman–Crippen LogP) is 7.51. The summed E-state index contributed by atoms with van der Waals surface area (Å²) in [5.41, 5.74) is 4.85. The number of hydrogen-bond donors (Lipinski definition) is 2. The zero-order valence-corrected chi connectivity index (χ0v) is 26.5. The topological polar surface area (TPSA) is 86.0 Å². The zero-order valence-electron chi connectivity index (χ0n) is 25.0. The summed E-state index contributed by atoms with van der Waals surface area (Å²) in [4.78, 5) is 30.2. The number of phenolic OH excluding ortho intramolecular Hbond substituents is 2. The summed E-state index contributed by atoms with van der Waals surface area (Å²) in [6.07, 6.45) is 6.52. The van der Waals surface area contributed by atoms with Gasteiger partial charge in [0.2, 0.25) is 0 Å². The highest BCUT2D eigenvalue weighted by molar-refractivity contribution is 6.20. The van der Waals surface area contributed by atoms with Crippen molar-refractivity contribution in [2.45, 2.75) is 11.8 Å². The van der Waals surface area contributed by atoms with E-state index < -0.39 is 0 Å². The lowest BCUT2D eigenvalue weighted by molar-refractivity contribution is -0.114. The molecule has 0 aliphatic carbocycles. The van der Waals surface area contributed by atoms with Gasteiger partial charge >= 0.3 is 0 Å². The number of alkyl halides is 2. The first-order valence-electron chi connectivity index (χ1n) is 15.1. The number of nitrogens with zero attached hydrogens (tertiary/aromatic N) is 3. The highest BCUT2D eigenvalue weighted by atomic mass is 35.5. The minimum atomic E-state index is -0.214. The molecule has 0 bridgehead atoms. The van der Waals surface area contributed by atoms with Crippen molar-refractivity contribution in [2.24, 2.45) is 7.05 Å². The fourth-order valence-electron chi connectivity index (χ4n) is 6.89. The van der Waals surface area contributed by atoms with Crippen molar-refractivity contribution < 1.29 is 19.8 Å². The van der Waals surface area contributed by atoms with E-state index in [0.717, 1.165) is 44.1 Å². The lowest BCUT2D eigenvalue weighted by atomic mass is 9.95. The van der Waals surface area contributed by atoms with Crippen LogP contribution < -0.4 is 9.80 Å². The number of benzene rings is 4. The molecule has 7 nitrogen and oxygen atoms in total. The van der Waals surface area contributed by atoms with Gasteiger partial charge in [0.15, 0.2) is 0 Å². The molecule has 0 saturated heterocycles. The van der Waals surface area contributed by atoms with Crippen LogP contribution in [0.2, 0.25) is 0 Å². The number of hydrogen-bond acceptors (Lipinski definition) is 4. The van der Waals surface area contributed by atoms with Crippen LogP contribution in [0.4, 0.5) is 11.4 Å². The van der Waals surface area contributed by atoms with Gasteiger partial charge in [-0.05, 0) is 46.2 Å². The van der Waals surface area contributed by atoms with Gasteiger partial charge in [0.05, 0.1) is 11.4 Å². The van der Waals surface area contributed by atoms with Crippen LogP contribution in [0.25, 0.3) is 33.7 Å². The first-order chi connectivity index (χ1) is 22.3. The first kappa shape index (κ1) is 30.0. The number of fused-ring (bicyclic) bond motifs is 6. The van der Waals surface area contributed by atoms with Gasteiger partial charge in [-0.3, -0.25) is 9.59 Å². The Morgan fingerprint density at radius 1 is 0.696 bits per heavy atom. The van der Waals surface area contributed by atoms with Crippen molar-refractivity contribution in [3.05, 3.63) is 107 Å². The SMILES string of the molecule is Cn1c(/C=C/C(=O)N2CC(CCl)c3c2cc(O)c2ccccc32)ccc1/C=C/C(=O)N1C[C@@H](CCl)c2c1cc(O)c1ccccc21. The quantitative estimate of drug-likeness (QED) is 0.147. The molecule has 2 amide bonds. The Kier molecular flexibility index (Phi) is 7.75. The molecule has 0 saturated carbocycles. The number of amides is 2. The van der Waals surface area contributed by atoms with Crippen molar-refractivity contribution in [3.63, 3.8) is 0 Å². The van der Waals surface area contributed by atoms with Crippen LogP contribution in [-0.2, 0) is 16.6 Å². The minimum Gasteiger partial charge on any atom is -0.507 e. The van der Waals surface area contributed by atoms with Crippen molar-refractivity contribution in [3.8, 4) is 11.5 Å². The van der Waals surface area contributed by atoms with E-state index in [1.165, 1.54) is 12.2 Å². The number of rotatable bonds is 6. The molecule has 232 valence electrons. The molecule has 46 heavy (non-hydrogen) atoms. The number of aromatic nitrogens is 1. The van der Waals surface area contributed by atoms with E-state index in [9.17, 15) is 19.8 Å². The van der Waals surface area contributed by atoms with Crippen molar-refractivity contribution in [2.75, 3.05) is 34.6 Å². The van der Waals surface area contributed by atoms with Gasteiger partial charge in [-0.1, -0.05) is 48.5 Å². The van der Waals surface area contributed by atoms with Crippen LogP contribution in [0.15, 0.2) is 84.9 Å². The molecule has 1 unspecified atom stereocenters. The molecule has 9 heteroatoms. The van der Waals surface area contributed by atoms with E-state index in [4.69, 9.17) is 23.2 Å². The molecule has 2 atom stereocenters. The van der Waals surface area contributed by atoms with E-state index in [-0.39, 0.29) is 35.1 Å². The second-order valence-electron chi connectivity index (χ2n) is 11.8. The largest absolute Gasteiger partial charge is 0.507 e. The third kappa shape index (κ3) is 4.91. The lowest BCUT2D eigenvalue weighted by Crippen LogP contribution is -2.28. The van der Waals surface area contributed by atoms with Gasteiger partial charge in [-0.15, -0.1) is 23.2 Å². The maximum Gasteiger partial charge on any atom is 0.251 e. The Morgan fingerprint density at radius 2 is 1.09 bits per heavy atom. The second-order valence-corrected chi connectivity index (χ2v) is 12.4. The van der Waals surface area contributed by atoms with Gasteiger partial charge < -0.3 is 24.6 Å². The van der Waals surface area contributed by atoms with Crippen LogP contribution in [0.3, 0.4) is 0 Å².